The summed E-state index contributed by atoms with van der Waals surface area (Å²) in [4.78, 5) is 21.6. The van der Waals surface area contributed by atoms with Gasteiger partial charge in [-0.1, -0.05) is 0 Å². The molecule has 3 heterocycles. The number of aromatic nitrogens is 1. The fraction of sp³-hybridized carbons (Fsp3) is 0.478. The van der Waals surface area contributed by atoms with Crippen molar-refractivity contribution in [2.24, 2.45) is 15.9 Å². The molecule has 0 radical (unpaired) electrons. The summed E-state index contributed by atoms with van der Waals surface area (Å²) in [6.07, 6.45) is -7.40. The number of carbonyl (C=O) groups excluding carboxylic acids is 1. The molecule has 4 rings (SSSR count). The monoisotopic (exact) mass is 580 g/mol. The summed E-state index contributed by atoms with van der Waals surface area (Å²) in [7, 11) is 0. The zero-order valence-electron chi connectivity index (χ0n) is 20.4. The summed E-state index contributed by atoms with van der Waals surface area (Å²) in [5.41, 5.74) is 0.629. The first kappa shape index (κ1) is 28.7. The summed E-state index contributed by atoms with van der Waals surface area (Å²) >= 11 is 0.901. The lowest BCUT2D eigenvalue weighted by molar-refractivity contribution is -0.145. The molecule has 212 valence electrons. The number of rotatable bonds is 7. The lowest BCUT2D eigenvalue weighted by Gasteiger charge is -2.18. The topological polar surface area (TPSA) is 91.2 Å². The Morgan fingerprint density at radius 3 is 2.67 bits per heavy atom. The molecule has 2 N–H and O–H groups in total. The quantitative estimate of drug-likeness (QED) is 0.454. The van der Waals surface area contributed by atoms with Gasteiger partial charge in [-0.15, -0.1) is 0 Å². The van der Waals surface area contributed by atoms with Crippen LogP contribution in [0.3, 0.4) is 0 Å². The van der Waals surface area contributed by atoms with Crippen LogP contribution in [0.15, 0.2) is 28.2 Å². The van der Waals surface area contributed by atoms with Gasteiger partial charge in [-0.05, 0) is 43.6 Å². The molecule has 1 saturated heterocycles. The van der Waals surface area contributed by atoms with E-state index in [9.17, 15) is 35.5 Å². The van der Waals surface area contributed by atoms with E-state index in [0.717, 1.165) is 23.8 Å². The van der Waals surface area contributed by atoms with Crippen molar-refractivity contribution in [3.63, 3.8) is 0 Å². The molecule has 2 aliphatic rings. The number of halogens is 7. The van der Waals surface area contributed by atoms with Gasteiger partial charge >= 0.3 is 12.4 Å². The lowest BCUT2D eigenvalue weighted by Crippen LogP contribution is -2.34. The maximum absolute atomic E-state index is 14.3. The second kappa shape index (κ2) is 11.5. The average Bonchev–Trinajstić information content (AvgIpc) is 3.43. The van der Waals surface area contributed by atoms with Crippen LogP contribution in [0.1, 0.15) is 22.5 Å². The third-order valence-corrected chi connectivity index (χ3v) is 6.81. The highest BCUT2D eigenvalue weighted by atomic mass is 32.1. The molecule has 2 aliphatic heterocycles. The van der Waals surface area contributed by atoms with Gasteiger partial charge in [0, 0.05) is 24.2 Å². The second-order valence-corrected chi connectivity index (χ2v) is 9.85. The molecule has 0 spiro atoms. The van der Waals surface area contributed by atoms with E-state index in [1.54, 1.807) is 6.92 Å². The van der Waals surface area contributed by atoms with Crippen LogP contribution in [0, 0.1) is 18.7 Å². The molecule has 0 bridgehead atoms. The summed E-state index contributed by atoms with van der Waals surface area (Å²) in [6.45, 7) is 0.393. The molecule has 2 unspecified atom stereocenters. The maximum Gasteiger partial charge on any atom is 0.412 e. The molecule has 0 saturated carbocycles. The van der Waals surface area contributed by atoms with Gasteiger partial charge in [0.2, 0.25) is 0 Å². The van der Waals surface area contributed by atoms with Gasteiger partial charge in [0.15, 0.2) is 17.6 Å². The Balaban J connectivity index is 1.37. The van der Waals surface area contributed by atoms with Crippen molar-refractivity contribution in [1.82, 2.24) is 9.27 Å². The largest absolute Gasteiger partial charge is 0.490 e. The van der Waals surface area contributed by atoms with E-state index in [-0.39, 0.29) is 53.5 Å². The molecular formula is C23H23F7N6O2S. The van der Waals surface area contributed by atoms with Crippen molar-refractivity contribution >= 4 is 40.2 Å². The number of ether oxygens (including phenoxy) is 1. The minimum absolute atomic E-state index is 0.00314. The van der Waals surface area contributed by atoms with E-state index in [4.69, 9.17) is 4.74 Å². The Kier molecular flexibility index (Phi) is 8.44. The maximum atomic E-state index is 14.3. The third-order valence-electron chi connectivity index (χ3n) is 5.96. The molecule has 2 aromatic rings. The number of alkyl halides is 6. The van der Waals surface area contributed by atoms with Crippen LogP contribution in [0.25, 0.3) is 0 Å². The zero-order chi connectivity index (χ0) is 28.4. The predicted molar refractivity (Wildman–Crippen MR) is 132 cm³/mol. The van der Waals surface area contributed by atoms with Gasteiger partial charge in [-0.25, -0.2) is 4.39 Å². The Morgan fingerprint density at radius 1 is 1.23 bits per heavy atom. The smallest absolute Gasteiger partial charge is 0.412 e. The van der Waals surface area contributed by atoms with E-state index in [0.29, 0.717) is 12.1 Å². The molecule has 1 amide bonds. The van der Waals surface area contributed by atoms with Crippen LogP contribution in [0.5, 0.6) is 5.75 Å². The molecular weight excluding hydrogens is 557 g/mol. The van der Waals surface area contributed by atoms with Crippen LogP contribution in [0.2, 0.25) is 0 Å². The van der Waals surface area contributed by atoms with Crippen LogP contribution < -0.4 is 15.4 Å². The molecule has 16 heteroatoms. The van der Waals surface area contributed by atoms with Gasteiger partial charge < -0.3 is 15.4 Å². The van der Waals surface area contributed by atoms with E-state index >= 15 is 0 Å². The average molecular weight is 581 g/mol. The van der Waals surface area contributed by atoms with E-state index in [1.165, 1.54) is 17.0 Å². The highest BCUT2D eigenvalue weighted by Crippen LogP contribution is 2.30. The van der Waals surface area contributed by atoms with Gasteiger partial charge in [0.1, 0.15) is 10.8 Å². The zero-order valence-corrected chi connectivity index (χ0v) is 21.2. The summed E-state index contributed by atoms with van der Waals surface area (Å²) < 4.78 is 100. The van der Waals surface area contributed by atoms with Gasteiger partial charge in [0.25, 0.3) is 5.91 Å². The van der Waals surface area contributed by atoms with E-state index in [1.807, 2.05) is 0 Å². The number of amides is 1. The fourth-order valence-corrected chi connectivity index (χ4v) is 4.87. The number of likely N-dealkylation sites (tertiary alicyclic amines) is 1. The number of carbonyl (C=O) groups is 1. The minimum atomic E-state index is -4.51. The molecule has 2 atom stereocenters. The standard InChI is InChI=1S/C23H23F7N6O2S/c1-12-19(21(39-35-12)34-18-8-31-17(7-32-18)23(28,29)30)20(37)33-14-2-3-15(24)16(6-14)38-10-13-4-5-36(9-13)11-22(25,26)27/h2-3,6,8,13,17H,4-5,7,9-11H2,1H3,(H,32,34)(H,33,37). The number of amidine groups is 1. The second-order valence-electron chi connectivity index (χ2n) is 9.07. The van der Waals surface area contributed by atoms with Gasteiger partial charge in [-0.2, -0.15) is 30.7 Å². The molecule has 0 aliphatic carbocycles. The Hall–Kier alpha value is -3.27. The lowest BCUT2D eigenvalue weighted by atomic mass is 10.1. The molecule has 1 aromatic heterocycles. The third kappa shape index (κ3) is 7.65. The Labute approximate surface area is 222 Å². The van der Waals surface area contributed by atoms with Crippen molar-refractivity contribution in [2.75, 3.05) is 43.4 Å². The number of hydrogen-bond donors (Lipinski definition) is 2. The van der Waals surface area contributed by atoms with E-state index in [2.05, 4.69) is 25.0 Å². The van der Waals surface area contributed by atoms with Crippen LogP contribution >= 0.6 is 11.5 Å². The van der Waals surface area contributed by atoms with Crippen molar-refractivity contribution in [3.05, 3.63) is 35.3 Å². The molecule has 1 fully saturated rings. The number of benzene rings is 1. The number of anilines is 2. The number of nitrogens with one attached hydrogen (secondary N) is 2. The predicted octanol–water partition coefficient (Wildman–Crippen LogP) is 4.93. The summed E-state index contributed by atoms with van der Waals surface area (Å²) in [6, 6.07) is 1.71. The number of aliphatic imine (C=N–C) groups is 2. The van der Waals surface area contributed by atoms with Crippen molar-refractivity contribution < 1.29 is 40.3 Å². The van der Waals surface area contributed by atoms with Crippen LogP contribution in [-0.4, -0.2) is 78.4 Å². The molecule has 39 heavy (non-hydrogen) atoms. The van der Waals surface area contributed by atoms with Gasteiger partial charge in [0.05, 0.1) is 37.2 Å². The summed E-state index contributed by atoms with van der Waals surface area (Å²) in [5.74, 6) is -1.68. The minimum Gasteiger partial charge on any atom is -0.490 e. The van der Waals surface area contributed by atoms with Gasteiger partial charge in [-0.3, -0.25) is 19.7 Å². The first-order valence-electron chi connectivity index (χ1n) is 11.7. The van der Waals surface area contributed by atoms with Crippen LogP contribution in [-0.2, 0) is 0 Å². The summed E-state index contributed by atoms with van der Waals surface area (Å²) in [5, 5.41) is 5.60. The highest BCUT2D eigenvalue weighted by Gasteiger charge is 2.40. The van der Waals surface area contributed by atoms with Crippen LogP contribution in [0.4, 0.5) is 41.4 Å². The normalized spacial score (nSPS) is 20.2. The fourth-order valence-electron chi connectivity index (χ4n) is 4.07. The number of aryl methyl sites for hydroxylation is 1. The Bertz CT molecular complexity index is 1260. The number of hydrogen-bond acceptors (Lipinski definition) is 8. The first-order valence-corrected chi connectivity index (χ1v) is 12.5. The first-order chi connectivity index (χ1) is 18.3. The SMILES string of the molecule is Cc1nsc(NC2=NCC(C(F)(F)F)N=C2)c1C(=O)Nc1ccc(F)c(OCC2CCN(CC(F)(F)F)C2)c1. The van der Waals surface area contributed by atoms with Crippen molar-refractivity contribution in [2.45, 2.75) is 31.7 Å². The van der Waals surface area contributed by atoms with Crippen molar-refractivity contribution in [1.29, 1.82) is 0 Å². The van der Waals surface area contributed by atoms with Crippen molar-refractivity contribution in [3.8, 4) is 5.75 Å². The number of nitrogens with zero attached hydrogens (tertiary/aromatic N) is 4. The molecule has 8 nitrogen and oxygen atoms in total. The Morgan fingerprint density at radius 2 is 2.00 bits per heavy atom. The van der Waals surface area contributed by atoms with E-state index < -0.39 is 43.2 Å². The highest BCUT2D eigenvalue weighted by molar-refractivity contribution is 7.11. The molecule has 1 aromatic carbocycles.